The third-order valence-electron chi connectivity index (χ3n) is 3.08. The van der Waals surface area contributed by atoms with Crippen LogP contribution < -0.4 is 15.8 Å². The number of para-hydroxylation sites is 1. The molecule has 0 radical (unpaired) electrons. The molecule has 0 saturated heterocycles. The van der Waals surface area contributed by atoms with Gasteiger partial charge in [0.05, 0.1) is 12.7 Å². The highest BCUT2D eigenvalue weighted by Crippen LogP contribution is 2.32. The molecule has 7 nitrogen and oxygen atoms in total. The molecule has 0 aliphatic rings. The Bertz CT molecular complexity index is 679. The SMILES string of the molecule is CNC(=O)Cn1nc(-c2ccccc2OC)c(C=O)c1N. The van der Waals surface area contributed by atoms with Crippen LogP contribution in [0.2, 0.25) is 0 Å². The van der Waals surface area contributed by atoms with E-state index in [2.05, 4.69) is 10.4 Å². The predicted molar refractivity (Wildman–Crippen MR) is 78.1 cm³/mol. The van der Waals surface area contributed by atoms with E-state index < -0.39 is 0 Å². The summed E-state index contributed by atoms with van der Waals surface area (Å²) in [4.78, 5) is 22.8. The van der Waals surface area contributed by atoms with Gasteiger partial charge in [0.2, 0.25) is 5.91 Å². The second-order valence-corrected chi connectivity index (χ2v) is 4.30. The number of nitrogens with two attached hydrogens (primary N) is 1. The van der Waals surface area contributed by atoms with E-state index >= 15 is 0 Å². The lowest BCUT2D eigenvalue weighted by Crippen LogP contribution is -2.24. The fourth-order valence-electron chi connectivity index (χ4n) is 1.98. The van der Waals surface area contributed by atoms with Crippen LogP contribution in [0.4, 0.5) is 5.82 Å². The number of nitrogens with zero attached hydrogens (tertiary/aromatic N) is 2. The molecular formula is C14H16N4O3. The molecule has 1 heterocycles. The summed E-state index contributed by atoms with van der Waals surface area (Å²) >= 11 is 0. The van der Waals surface area contributed by atoms with Crippen LogP contribution in [0.25, 0.3) is 11.3 Å². The molecule has 3 N–H and O–H groups in total. The van der Waals surface area contributed by atoms with E-state index in [9.17, 15) is 9.59 Å². The van der Waals surface area contributed by atoms with Crippen molar-refractivity contribution in [1.29, 1.82) is 0 Å². The van der Waals surface area contributed by atoms with Gasteiger partial charge in [-0.2, -0.15) is 5.10 Å². The minimum absolute atomic E-state index is 0.0572. The number of hydrogen-bond donors (Lipinski definition) is 2. The number of aromatic nitrogens is 2. The van der Waals surface area contributed by atoms with Crippen molar-refractivity contribution < 1.29 is 14.3 Å². The average molecular weight is 288 g/mol. The maximum atomic E-state index is 11.5. The summed E-state index contributed by atoms with van der Waals surface area (Å²) in [5.41, 5.74) is 7.17. The molecule has 0 unspecified atom stereocenters. The average Bonchev–Trinajstić information content (AvgIpc) is 2.83. The van der Waals surface area contributed by atoms with Crippen LogP contribution in [0.1, 0.15) is 10.4 Å². The Balaban J connectivity index is 2.56. The van der Waals surface area contributed by atoms with E-state index in [1.807, 2.05) is 6.07 Å². The Hall–Kier alpha value is -2.83. The van der Waals surface area contributed by atoms with Crippen molar-refractivity contribution in [3.63, 3.8) is 0 Å². The number of carbonyl (C=O) groups is 2. The van der Waals surface area contributed by atoms with Crippen molar-refractivity contribution in [2.45, 2.75) is 6.54 Å². The first-order chi connectivity index (χ1) is 10.1. The molecule has 0 spiro atoms. The van der Waals surface area contributed by atoms with Gasteiger partial charge >= 0.3 is 0 Å². The summed E-state index contributed by atoms with van der Waals surface area (Å²) < 4.78 is 6.56. The van der Waals surface area contributed by atoms with E-state index in [1.165, 1.54) is 18.8 Å². The van der Waals surface area contributed by atoms with Crippen LogP contribution in [-0.2, 0) is 11.3 Å². The molecule has 2 aromatic rings. The molecule has 0 bridgehead atoms. The van der Waals surface area contributed by atoms with Crippen LogP contribution in [-0.4, -0.2) is 36.1 Å². The van der Waals surface area contributed by atoms with Gasteiger partial charge in [0.15, 0.2) is 6.29 Å². The van der Waals surface area contributed by atoms with Gasteiger partial charge in [0.1, 0.15) is 23.8 Å². The Morgan fingerprint density at radius 3 is 2.81 bits per heavy atom. The Morgan fingerprint density at radius 2 is 2.19 bits per heavy atom. The van der Waals surface area contributed by atoms with Crippen LogP contribution in [0.5, 0.6) is 5.75 Å². The van der Waals surface area contributed by atoms with Gasteiger partial charge in [0, 0.05) is 12.6 Å². The van der Waals surface area contributed by atoms with E-state index in [1.54, 1.807) is 18.2 Å². The maximum Gasteiger partial charge on any atom is 0.241 e. The molecule has 7 heteroatoms. The number of ether oxygens (including phenoxy) is 1. The number of likely N-dealkylation sites (N-methyl/N-ethyl adjacent to an activating group) is 1. The van der Waals surface area contributed by atoms with Crippen molar-refractivity contribution in [3.05, 3.63) is 29.8 Å². The van der Waals surface area contributed by atoms with Crippen molar-refractivity contribution in [1.82, 2.24) is 15.1 Å². The zero-order valence-corrected chi connectivity index (χ0v) is 11.8. The smallest absolute Gasteiger partial charge is 0.241 e. The molecular weight excluding hydrogens is 272 g/mol. The van der Waals surface area contributed by atoms with Gasteiger partial charge in [0.25, 0.3) is 0 Å². The molecule has 1 aromatic heterocycles. The lowest BCUT2D eigenvalue weighted by molar-refractivity contribution is -0.121. The topological polar surface area (TPSA) is 99.2 Å². The maximum absolute atomic E-state index is 11.5. The summed E-state index contributed by atoms with van der Waals surface area (Å²) in [6.07, 6.45) is 0.629. The quantitative estimate of drug-likeness (QED) is 0.789. The molecule has 1 aromatic carbocycles. The predicted octanol–water partition coefficient (Wildman–Crippen LogP) is 0.699. The zero-order chi connectivity index (χ0) is 15.4. The molecule has 2 rings (SSSR count). The molecule has 110 valence electrons. The number of benzene rings is 1. The molecule has 21 heavy (non-hydrogen) atoms. The first kappa shape index (κ1) is 14.6. The molecule has 0 aliphatic carbocycles. The first-order valence-corrected chi connectivity index (χ1v) is 6.27. The molecule has 0 saturated carbocycles. The fraction of sp³-hybridized carbons (Fsp3) is 0.214. The lowest BCUT2D eigenvalue weighted by atomic mass is 10.1. The van der Waals surface area contributed by atoms with Crippen LogP contribution in [0.15, 0.2) is 24.3 Å². The minimum atomic E-state index is -0.256. The third kappa shape index (κ3) is 2.71. The van der Waals surface area contributed by atoms with Gasteiger partial charge in [-0.15, -0.1) is 0 Å². The lowest BCUT2D eigenvalue weighted by Gasteiger charge is -2.05. The molecule has 0 atom stereocenters. The monoisotopic (exact) mass is 288 g/mol. The van der Waals surface area contributed by atoms with Gasteiger partial charge in [-0.25, -0.2) is 4.68 Å². The highest BCUT2D eigenvalue weighted by atomic mass is 16.5. The van der Waals surface area contributed by atoms with Gasteiger partial charge in [-0.3, -0.25) is 9.59 Å². The summed E-state index contributed by atoms with van der Waals surface area (Å²) in [6.45, 7) is -0.0572. The van der Waals surface area contributed by atoms with Crippen LogP contribution >= 0.6 is 0 Å². The number of nitrogens with one attached hydrogen (secondary N) is 1. The number of carbonyl (C=O) groups excluding carboxylic acids is 2. The number of methoxy groups -OCH3 is 1. The molecule has 0 aliphatic heterocycles. The number of rotatable bonds is 5. The highest BCUT2D eigenvalue weighted by Gasteiger charge is 2.20. The van der Waals surface area contributed by atoms with Crippen molar-refractivity contribution >= 4 is 18.0 Å². The number of hydrogen-bond acceptors (Lipinski definition) is 5. The Morgan fingerprint density at radius 1 is 1.48 bits per heavy atom. The van der Waals surface area contributed by atoms with Crippen LogP contribution in [0.3, 0.4) is 0 Å². The summed E-state index contributed by atoms with van der Waals surface area (Å²) in [5, 5.41) is 6.75. The standard InChI is InChI=1S/C14H16N4O3/c1-16-12(20)7-18-14(15)10(8-19)13(17-18)9-5-3-4-6-11(9)21-2/h3-6,8H,7,15H2,1-2H3,(H,16,20). The largest absolute Gasteiger partial charge is 0.496 e. The number of nitrogen functional groups attached to an aromatic ring is 1. The third-order valence-corrected chi connectivity index (χ3v) is 3.08. The van der Waals surface area contributed by atoms with Crippen molar-refractivity contribution in [3.8, 4) is 17.0 Å². The van der Waals surface area contributed by atoms with Crippen molar-refractivity contribution in [2.24, 2.45) is 0 Å². The highest BCUT2D eigenvalue weighted by molar-refractivity contribution is 5.93. The van der Waals surface area contributed by atoms with E-state index in [0.29, 0.717) is 23.3 Å². The van der Waals surface area contributed by atoms with Gasteiger partial charge in [-0.05, 0) is 12.1 Å². The Kier molecular flexibility index (Phi) is 4.22. The van der Waals surface area contributed by atoms with Crippen molar-refractivity contribution in [2.75, 3.05) is 19.9 Å². The fourth-order valence-corrected chi connectivity index (χ4v) is 1.98. The second kappa shape index (κ2) is 6.08. The normalized spacial score (nSPS) is 10.2. The number of aldehydes is 1. The van der Waals surface area contributed by atoms with E-state index in [0.717, 1.165) is 0 Å². The van der Waals surface area contributed by atoms with Crippen LogP contribution in [0, 0.1) is 0 Å². The zero-order valence-electron chi connectivity index (χ0n) is 11.8. The second-order valence-electron chi connectivity index (χ2n) is 4.30. The molecule has 1 amide bonds. The van der Waals surface area contributed by atoms with Gasteiger partial charge in [-0.1, -0.05) is 12.1 Å². The summed E-state index contributed by atoms with van der Waals surface area (Å²) in [5.74, 6) is 0.466. The summed E-state index contributed by atoms with van der Waals surface area (Å²) in [7, 11) is 3.05. The number of amides is 1. The molecule has 0 fully saturated rings. The van der Waals surface area contributed by atoms with E-state index in [-0.39, 0.29) is 23.8 Å². The van der Waals surface area contributed by atoms with E-state index in [4.69, 9.17) is 10.5 Å². The first-order valence-electron chi connectivity index (χ1n) is 6.27. The number of anilines is 1. The van der Waals surface area contributed by atoms with Gasteiger partial charge < -0.3 is 15.8 Å². The minimum Gasteiger partial charge on any atom is -0.496 e. The Labute approximate surface area is 121 Å². The summed E-state index contributed by atoms with van der Waals surface area (Å²) in [6, 6.07) is 7.16.